The van der Waals surface area contributed by atoms with Crippen molar-refractivity contribution in [2.45, 2.75) is 45.3 Å². The van der Waals surface area contributed by atoms with E-state index in [2.05, 4.69) is 26.1 Å². The Balaban J connectivity index is 2.47. The summed E-state index contributed by atoms with van der Waals surface area (Å²) in [6, 6.07) is 4.25. The van der Waals surface area contributed by atoms with Crippen molar-refractivity contribution in [3.63, 3.8) is 0 Å². The second-order valence-electron chi connectivity index (χ2n) is 5.46. The number of benzene rings is 1. The lowest BCUT2D eigenvalue weighted by molar-refractivity contribution is 0.0441. The van der Waals surface area contributed by atoms with Crippen molar-refractivity contribution in [3.05, 3.63) is 17.7 Å². The molecule has 2 atom stereocenters. The summed E-state index contributed by atoms with van der Waals surface area (Å²) in [5.41, 5.74) is 1.01. The van der Waals surface area contributed by atoms with E-state index in [4.69, 9.17) is 14.2 Å². The Kier molecular flexibility index (Phi) is 4.43. The highest BCUT2D eigenvalue weighted by atomic mass is 16.5. The van der Waals surface area contributed by atoms with Crippen molar-refractivity contribution in [3.8, 4) is 17.2 Å². The zero-order chi connectivity index (χ0) is 14.8. The molecule has 1 heterocycles. The average Bonchev–Trinajstić information content (AvgIpc) is 2.46. The smallest absolute Gasteiger partial charge is 0.164 e. The van der Waals surface area contributed by atoms with Crippen LogP contribution in [-0.4, -0.2) is 26.4 Å². The SMILES string of the molecule is CCNC1CC(C)(CC)Oc2cc(OC)c(OC)cc21. The van der Waals surface area contributed by atoms with Gasteiger partial charge in [0.05, 0.1) is 14.2 Å². The van der Waals surface area contributed by atoms with Gasteiger partial charge in [0.2, 0.25) is 0 Å². The number of fused-ring (bicyclic) bond motifs is 1. The zero-order valence-electron chi connectivity index (χ0n) is 13.1. The molecule has 2 rings (SSSR count). The number of ether oxygens (including phenoxy) is 3. The maximum absolute atomic E-state index is 6.21. The zero-order valence-corrected chi connectivity index (χ0v) is 13.1. The first-order chi connectivity index (χ1) is 9.56. The van der Waals surface area contributed by atoms with E-state index in [0.29, 0.717) is 5.75 Å². The summed E-state index contributed by atoms with van der Waals surface area (Å²) < 4.78 is 17.0. The molecule has 1 N–H and O–H groups in total. The summed E-state index contributed by atoms with van der Waals surface area (Å²) in [5, 5.41) is 3.54. The lowest BCUT2D eigenvalue weighted by atomic mass is 9.86. The Bertz CT molecular complexity index is 475. The Morgan fingerprint density at radius 2 is 1.90 bits per heavy atom. The fraction of sp³-hybridized carbons (Fsp3) is 0.625. The van der Waals surface area contributed by atoms with Crippen molar-refractivity contribution in [1.29, 1.82) is 0 Å². The van der Waals surface area contributed by atoms with Crippen LogP contribution in [0.5, 0.6) is 17.2 Å². The van der Waals surface area contributed by atoms with Gasteiger partial charge < -0.3 is 19.5 Å². The van der Waals surface area contributed by atoms with E-state index in [1.807, 2.05) is 12.1 Å². The molecule has 0 aromatic heterocycles. The Hall–Kier alpha value is -1.42. The Morgan fingerprint density at radius 3 is 2.45 bits per heavy atom. The summed E-state index contributed by atoms with van der Waals surface area (Å²) in [5.74, 6) is 2.35. The first-order valence-electron chi connectivity index (χ1n) is 7.25. The predicted molar refractivity (Wildman–Crippen MR) is 79.9 cm³/mol. The third-order valence-corrected chi connectivity index (χ3v) is 4.08. The predicted octanol–water partition coefficient (Wildman–Crippen LogP) is 3.31. The second-order valence-corrected chi connectivity index (χ2v) is 5.46. The largest absolute Gasteiger partial charge is 0.493 e. The van der Waals surface area contributed by atoms with Crippen LogP contribution in [0.4, 0.5) is 0 Å². The van der Waals surface area contributed by atoms with Gasteiger partial charge in [-0.3, -0.25) is 0 Å². The number of hydrogen-bond acceptors (Lipinski definition) is 4. The minimum Gasteiger partial charge on any atom is -0.493 e. The molecule has 4 heteroatoms. The van der Waals surface area contributed by atoms with E-state index < -0.39 is 0 Å². The molecule has 0 saturated heterocycles. The van der Waals surface area contributed by atoms with Gasteiger partial charge in [-0.2, -0.15) is 0 Å². The van der Waals surface area contributed by atoms with Gasteiger partial charge in [0, 0.05) is 24.1 Å². The third kappa shape index (κ3) is 2.70. The van der Waals surface area contributed by atoms with Gasteiger partial charge >= 0.3 is 0 Å². The normalized spacial score (nSPS) is 24.8. The van der Waals surface area contributed by atoms with Crippen LogP contribution in [0.25, 0.3) is 0 Å². The van der Waals surface area contributed by atoms with Gasteiger partial charge in [-0.25, -0.2) is 0 Å². The molecule has 0 aliphatic carbocycles. The van der Waals surface area contributed by atoms with Crippen LogP contribution in [0, 0.1) is 0 Å². The van der Waals surface area contributed by atoms with E-state index in [-0.39, 0.29) is 11.6 Å². The molecule has 1 aromatic carbocycles. The molecule has 20 heavy (non-hydrogen) atoms. The van der Waals surface area contributed by atoms with Gasteiger partial charge in [-0.05, 0) is 26.0 Å². The number of methoxy groups -OCH3 is 2. The molecule has 0 radical (unpaired) electrons. The summed E-state index contributed by atoms with van der Waals surface area (Å²) in [7, 11) is 3.31. The standard InChI is InChI=1S/C16H25NO3/c1-6-16(3)10-12(17-7-2)11-8-14(18-4)15(19-5)9-13(11)20-16/h8-9,12,17H,6-7,10H2,1-5H3. The average molecular weight is 279 g/mol. The van der Waals surface area contributed by atoms with Crippen LogP contribution in [0.3, 0.4) is 0 Å². The first-order valence-corrected chi connectivity index (χ1v) is 7.25. The highest BCUT2D eigenvalue weighted by Crippen LogP contribution is 2.45. The molecular weight excluding hydrogens is 254 g/mol. The van der Waals surface area contributed by atoms with Crippen LogP contribution in [-0.2, 0) is 0 Å². The fourth-order valence-electron chi connectivity index (χ4n) is 2.73. The number of rotatable bonds is 5. The Morgan fingerprint density at radius 1 is 1.25 bits per heavy atom. The van der Waals surface area contributed by atoms with Crippen molar-refractivity contribution in [2.24, 2.45) is 0 Å². The van der Waals surface area contributed by atoms with E-state index in [1.165, 1.54) is 0 Å². The fourth-order valence-corrected chi connectivity index (χ4v) is 2.73. The summed E-state index contributed by atoms with van der Waals surface area (Å²) >= 11 is 0. The molecule has 2 unspecified atom stereocenters. The van der Waals surface area contributed by atoms with Gasteiger partial charge in [0.25, 0.3) is 0 Å². The molecule has 1 aromatic rings. The van der Waals surface area contributed by atoms with Crippen molar-refractivity contribution in [2.75, 3.05) is 20.8 Å². The van der Waals surface area contributed by atoms with Crippen LogP contribution in [0.15, 0.2) is 12.1 Å². The molecule has 1 aliphatic heterocycles. The molecular formula is C16H25NO3. The summed E-state index contributed by atoms with van der Waals surface area (Å²) in [6.45, 7) is 7.38. The number of nitrogens with one attached hydrogen (secondary N) is 1. The topological polar surface area (TPSA) is 39.7 Å². The highest BCUT2D eigenvalue weighted by Gasteiger charge is 2.36. The van der Waals surface area contributed by atoms with Gasteiger partial charge in [0.15, 0.2) is 11.5 Å². The molecule has 0 fully saturated rings. The lowest BCUT2D eigenvalue weighted by Gasteiger charge is -2.40. The molecule has 0 amide bonds. The minimum atomic E-state index is -0.139. The third-order valence-electron chi connectivity index (χ3n) is 4.08. The van der Waals surface area contributed by atoms with Crippen LogP contribution in [0.1, 0.15) is 45.2 Å². The maximum Gasteiger partial charge on any atom is 0.164 e. The molecule has 0 saturated carbocycles. The van der Waals surface area contributed by atoms with Crippen molar-refractivity contribution >= 4 is 0 Å². The highest BCUT2D eigenvalue weighted by molar-refractivity contribution is 5.53. The van der Waals surface area contributed by atoms with E-state index in [9.17, 15) is 0 Å². The van der Waals surface area contributed by atoms with Gasteiger partial charge in [-0.15, -0.1) is 0 Å². The van der Waals surface area contributed by atoms with E-state index in [0.717, 1.165) is 36.4 Å². The van der Waals surface area contributed by atoms with Crippen LogP contribution in [0.2, 0.25) is 0 Å². The van der Waals surface area contributed by atoms with Gasteiger partial charge in [0.1, 0.15) is 11.4 Å². The van der Waals surface area contributed by atoms with E-state index in [1.54, 1.807) is 14.2 Å². The quantitative estimate of drug-likeness (QED) is 0.897. The lowest BCUT2D eigenvalue weighted by Crippen LogP contribution is -2.41. The molecule has 0 spiro atoms. The first kappa shape index (κ1) is 15.0. The molecule has 0 bridgehead atoms. The monoisotopic (exact) mass is 279 g/mol. The van der Waals surface area contributed by atoms with Crippen molar-refractivity contribution in [1.82, 2.24) is 5.32 Å². The minimum absolute atomic E-state index is 0.139. The van der Waals surface area contributed by atoms with Crippen LogP contribution < -0.4 is 19.5 Å². The second kappa shape index (κ2) is 5.92. The van der Waals surface area contributed by atoms with Crippen molar-refractivity contribution < 1.29 is 14.2 Å². The molecule has 112 valence electrons. The molecule has 4 nitrogen and oxygen atoms in total. The van der Waals surface area contributed by atoms with Crippen LogP contribution >= 0.6 is 0 Å². The summed E-state index contributed by atoms with van der Waals surface area (Å²) in [4.78, 5) is 0. The number of hydrogen-bond donors (Lipinski definition) is 1. The Labute approximate surface area is 121 Å². The van der Waals surface area contributed by atoms with E-state index >= 15 is 0 Å². The molecule has 1 aliphatic rings. The van der Waals surface area contributed by atoms with Gasteiger partial charge in [-0.1, -0.05) is 13.8 Å². The maximum atomic E-state index is 6.21. The summed E-state index contributed by atoms with van der Waals surface area (Å²) in [6.07, 6.45) is 1.93.